The molecule has 0 saturated heterocycles. The van der Waals surface area contributed by atoms with E-state index in [1.807, 2.05) is 13.0 Å². The number of carboxylic acid groups (broad SMARTS) is 2. The lowest BCUT2D eigenvalue weighted by Crippen LogP contribution is -2.21. The number of alkyl halides is 6. The molecule has 1 aromatic carbocycles. The van der Waals surface area contributed by atoms with E-state index in [4.69, 9.17) is 24.3 Å². The molecule has 44 heavy (non-hydrogen) atoms. The van der Waals surface area contributed by atoms with Crippen LogP contribution in [0.15, 0.2) is 65.7 Å². The Morgan fingerprint density at radius 1 is 0.864 bits per heavy atom. The van der Waals surface area contributed by atoms with Crippen molar-refractivity contribution in [2.24, 2.45) is 0 Å². The molecule has 0 aliphatic carbocycles. The molecule has 0 bridgehead atoms. The summed E-state index contributed by atoms with van der Waals surface area (Å²) in [7, 11) is 0. The normalized spacial score (nSPS) is 11.2. The maximum atomic E-state index is 14.2. The molecule has 0 amide bonds. The molecule has 0 aliphatic heterocycles. The van der Waals surface area contributed by atoms with Crippen LogP contribution in [0.2, 0.25) is 0 Å². The third-order valence-electron chi connectivity index (χ3n) is 5.20. The van der Waals surface area contributed by atoms with E-state index in [-0.39, 0.29) is 11.3 Å². The van der Waals surface area contributed by atoms with Crippen molar-refractivity contribution in [1.29, 1.82) is 0 Å². The highest BCUT2D eigenvalue weighted by Gasteiger charge is 2.38. The second-order valence-corrected chi connectivity index (χ2v) is 8.18. The van der Waals surface area contributed by atoms with Gasteiger partial charge in [0.05, 0.1) is 41.1 Å². The number of pyridine rings is 1. The monoisotopic (exact) mass is 632 g/mol. The first-order valence-electron chi connectivity index (χ1n) is 11.5. The van der Waals surface area contributed by atoms with Crippen molar-refractivity contribution in [2.75, 3.05) is 5.32 Å². The molecule has 0 aliphatic rings. The lowest BCUT2D eigenvalue weighted by Gasteiger charge is -2.10. The van der Waals surface area contributed by atoms with Crippen LogP contribution in [-0.4, -0.2) is 59.2 Å². The molecule has 0 spiro atoms. The number of anilines is 2. The second kappa shape index (κ2) is 13.1. The second-order valence-electron chi connectivity index (χ2n) is 8.18. The Morgan fingerprint density at radius 2 is 1.45 bits per heavy atom. The number of benzene rings is 1. The van der Waals surface area contributed by atoms with Crippen molar-refractivity contribution in [2.45, 2.75) is 19.3 Å². The standard InChI is InChI=1S/C21H14F2N6O.2C2HF3O2/c1-12-15(10-26-30-12)14-7-8-24-11-19(14)27-21-25-9-13-5-6-18(28-29(13)21)20-16(22)3-2-4-17(20)23;2*3-2(4,5)1(6)7/h2-11H,1H3,(H,25,27);2*(H,6,7). The van der Waals surface area contributed by atoms with Gasteiger partial charge >= 0.3 is 24.3 Å². The van der Waals surface area contributed by atoms with E-state index < -0.39 is 35.9 Å². The molecule has 5 rings (SSSR count). The van der Waals surface area contributed by atoms with Gasteiger partial charge in [-0.05, 0) is 37.3 Å². The first-order valence-corrected chi connectivity index (χ1v) is 11.5. The number of aliphatic carboxylic acids is 2. The highest BCUT2D eigenvalue weighted by molar-refractivity contribution is 5.80. The van der Waals surface area contributed by atoms with Crippen LogP contribution in [0.1, 0.15) is 5.76 Å². The number of rotatable bonds is 4. The SMILES string of the molecule is Cc1oncc1-c1ccncc1Nc1ncc2ccc(-c3c(F)cccc3F)nn12.O=C(O)C(F)(F)F.O=C(O)C(F)(F)F. The van der Waals surface area contributed by atoms with Crippen LogP contribution >= 0.6 is 0 Å². The van der Waals surface area contributed by atoms with Crippen LogP contribution in [0.25, 0.3) is 27.9 Å². The molecule has 232 valence electrons. The summed E-state index contributed by atoms with van der Waals surface area (Å²) in [4.78, 5) is 26.3. The summed E-state index contributed by atoms with van der Waals surface area (Å²) in [6.45, 7) is 1.81. The summed E-state index contributed by atoms with van der Waals surface area (Å²) in [5.41, 5.74) is 2.89. The fraction of sp³-hybridized carbons (Fsp3) is 0.120. The molecular weight excluding hydrogens is 616 g/mol. The van der Waals surface area contributed by atoms with Gasteiger partial charge in [0.2, 0.25) is 5.95 Å². The number of hydrogen-bond donors (Lipinski definition) is 3. The van der Waals surface area contributed by atoms with Crippen LogP contribution in [0.5, 0.6) is 0 Å². The Morgan fingerprint density at radius 3 is 1.98 bits per heavy atom. The molecule has 0 radical (unpaired) electrons. The number of nitrogens with one attached hydrogen (secondary N) is 1. The van der Waals surface area contributed by atoms with Gasteiger partial charge in [-0.1, -0.05) is 11.2 Å². The minimum Gasteiger partial charge on any atom is -0.475 e. The van der Waals surface area contributed by atoms with Gasteiger partial charge in [0.25, 0.3) is 0 Å². The zero-order valence-corrected chi connectivity index (χ0v) is 21.7. The molecule has 0 fully saturated rings. The van der Waals surface area contributed by atoms with Gasteiger partial charge in [-0.3, -0.25) is 4.98 Å². The van der Waals surface area contributed by atoms with Gasteiger partial charge in [0, 0.05) is 17.3 Å². The maximum Gasteiger partial charge on any atom is 0.490 e. The number of hydrogen-bond acceptors (Lipinski definition) is 8. The average Bonchev–Trinajstić information content (AvgIpc) is 3.54. The van der Waals surface area contributed by atoms with Crippen LogP contribution in [0.3, 0.4) is 0 Å². The van der Waals surface area contributed by atoms with Gasteiger partial charge in [0.15, 0.2) is 0 Å². The zero-order valence-electron chi connectivity index (χ0n) is 21.7. The first kappa shape index (κ1) is 32.9. The van der Waals surface area contributed by atoms with E-state index in [0.29, 0.717) is 22.9 Å². The molecule has 5 aromatic rings. The molecule has 0 atom stereocenters. The molecule has 4 aromatic heterocycles. The molecule has 0 saturated carbocycles. The Labute approximate surface area is 239 Å². The smallest absolute Gasteiger partial charge is 0.475 e. The fourth-order valence-electron chi connectivity index (χ4n) is 3.25. The van der Waals surface area contributed by atoms with Crippen molar-refractivity contribution < 1.29 is 59.4 Å². The van der Waals surface area contributed by atoms with Crippen molar-refractivity contribution >= 4 is 29.1 Å². The Balaban J connectivity index is 0.000000317. The predicted molar refractivity (Wildman–Crippen MR) is 133 cm³/mol. The highest BCUT2D eigenvalue weighted by Crippen LogP contribution is 2.32. The van der Waals surface area contributed by atoms with E-state index in [1.165, 1.54) is 22.7 Å². The number of fused-ring (bicyclic) bond motifs is 1. The third kappa shape index (κ3) is 8.01. The minimum absolute atomic E-state index is 0.153. The number of imidazole rings is 1. The molecule has 3 N–H and O–H groups in total. The van der Waals surface area contributed by atoms with E-state index in [2.05, 4.69) is 25.5 Å². The maximum absolute atomic E-state index is 14.2. The Hall–Kier alpha value is -5.62. The quantitative estimate of drug-likeness (QED) is 0.200. The van der Waals surface area contributed by atoms with Crippen LogP contribution in [0, 0.1) is 18.6 Å². The molecule has 4 heterocycles. The third-order valence-corrected chi connectivity index (χ3v) is 5.20. The van der Waals surface area contributed by atoms with Crippen molar-refractivity contribution in [3.8, 4) is 22.4 Å². The van der Waals surface area contributed by atoms with Gasteiger partial charge in [-0.2, -0.15) is 36.0 Å². The number of aryl methyl sites for hydroxylation is 1. The molecule has 0 unspecified atom stereocenters. The fourth-order valence-corrected chi connectivity index (χ4v) is 3.25. The van der Waals surface area contributed by atoms with E-state index in [9.17, 15) is 35.1 Å². The van der Waals surface area contributed by atoms with E-state index >= 15 is 0 Å². The van der Waals surface area contributed by atoms with Crippen LogP contribution < -0.4 is 5.32 Å². The number of halogens is 8. The number of carbonyl (C=O) groups is 2. The topological polar surface area (TPSA) is 156 Å². The largest absolute Gasteiger partial charge is 0.490 e. The van der Waals surface area contributed by atoms with Gasteiger partial charge in [-0.15, -0.1) is 0 Å². The van der Waals surface area contributed by atoms with Crippen LogP contribution in [-0.2, 0) is 9.59 Å². The molecule has 19 heteroatoms. The van der Waals surface area contributed by atoms with Gasteiger partial charge in [0.1, 0.15) is 17.4 Å². The average molecular weight is 632 g/mol. The van der Waals surface area contributed by atoms with E-state index in [0.717, 1.165) is 11.1 Å². The highest BCUT2D eigenvalue weighted by atomic mass is 19.4. The summed E-state index contributed by atoms with van der Waals surface area (Å²) in [5, 5.41) is 25.7. The van der Waals surface area contributed by atoms with E-state index in [1.54, 1.807) is 36.9 Å². The summed E-state index contributed by atoms with van der Waals surface area (Å²) < 4.78 is 98.5. The number of carboxylic acids is 2. The number of nitrogens with zero attached hydrogens (tertiary/aromatic N) is 5. The van der Waals surface area contributed by atoms with Gasteiger partial charge < -0.3 is 20.1 Å². The Kier molecular flexibility index (Phi) is 9.82. The van der Waals surface area contributed by atoms with Crippen molar-refractivity contribution in [3.05, 3.63) is 78.6 Å². The lowest BCUT2D eigenvalue weighted by atomic mass is 10.1. The van der Waals surface area contributed by atoms with Crippen molar-refractivity contribution in [1.82, 2.24) is 24.7 Å². The lowest BCUT2D eigenvalue weighted by molar-refractivity contribution is -0.193. The molecule has 11 nitrogen and oxygen atoms in total. The Bertz CT molecular complexity index is 1740. The first-order chi connectivity index (χ1) is 20.5. The summed E-state index contributed by atoms with van der Waals surface area (Å²) in [6, 6.07) is 8.78. The molecular formula is C25H16F8N6O5. The number of aromatic nitrogens is 5. The zero-order chi connectivity index (χ0) is 32.8. The van der Waals surface area contributed by atoms with Crippen molar-refractivity contribution in [3.63, 3.8) is 0 Å². The minimum atomic E-state index is -5.08. The van der Waals surface area contributed by atoms with Crippen LogP contribution in [0.4, 0.5) is 46.8 Å². The summed E-state index contributed by atoms with van der Waals surface area (Å²) in [6.07, 6.45) is -3.63. The predicted octanol–water partition coefficient (Wildman–Crippen LogP) is 6.04. The summed E-state index contributed by atoms with van der Waals surface area (Å²) >= 11 is 0. The van der Waals surface area contributed by atoms with Gasteiger partial charge in [-0.25, -0.2) is 23.4 Å². The summed E-state index contributed by atoms with van der Waals surface area (Å²) in [5.74, 6) is -5.86.